The Hall–Kier alpha value is -2.55. The van der Waals surface area contributed by atoms with Crippen LogP contribution in [-0.4, -0.2) is 23.1 Å². The van der Waals surface area contributed by atoms with Gasteiger partial charge in [0.1, 0.15) is 5.82 Å². The van der Waals surface area contributed by atoms with Gasteiger partial charge in [-0.05, 0) is 43.4 Å². The van der Waals surface area contributed by atoms with E-state index in [2.05, 4.69) is 71.6 Å². The van der Waals surface area contributed by atoms with Crippen molar-refractivity contribution < 1.29 is 0 Å². The van der Waals surface area contributed by atoms with Crippen molar-refractivity contribution in [2.24, 2.45) is 0 Å². The topological polar surface area (TPSA) is 21.1 Å². The molecule has 3 nitrogen and oxygen atoms in total. The Labute approximate surface area is 186 Å². The van der Waals surface area contributed by atoms with Gasteiger partial charge in [0.25, 0.3) is 0 Å². The zero-order valence-corrected chi connectivity index (χ0v) is 18.9. The molecule has 5 rings (SSSR count). The summed E-state index contributed by atoms with van der Waals surface area (Å²) >= 11 is 0. The Morgan fingerprint density at radius 1 is 1.03 bits per heavy atom. The molecule has 1 aliphatic heterocycles. The molecular formula is C28H35N3. The highest BCUT2D eigenvalue weighted by molar-refractivity contribution is 5.86. The van der Waals surface area contributed by atoms with Crippen LogP contribution >= 0.6 is 0 Å². The zero-order chi connectivity index (χ0) is 21.2. The van der Waals surface area contributed by atoms with Gasteiger partial charge in [0.2, 0.25) is 0 Å². The summed E-state index contributed by atoms with van der Waals surface area (Å²) in [6.07, 6.45) is 13.4. The number of aromatic nitrogens is 2. The van der Waals surface area contributed by atoms with Crippen LogP contribution in [0, 0.1) is 0 Å². The van der Waals surface area contributed by atoms with E-state index >= 15 is 0 Å². The number of nitrogens with zero attached hydrogens (tertiary/aromatic N) is 3. The van der Waals surface area contributed by atoms with Crippen LogP contribution < -0.4 is 4.90 Å². The zero-order valence-electron chi connectivity index (χ0n) is 18.9. The second-order valence-electron chi connectivity index (χ2n) is 9.46. The molecule has 3 heteroatoms. The predicted molar refractivity (Wildman–Crippen MR) is 131 cm³/mol. The highest BCUT2D eigenvalue weighted by Crippen LogP contribution is 2.38. The van der Waals surface area contributed by atoms with Crippen molar-refractivity contribution in [3.8, 4) is 0 Å². The van der Waals surface area contributed by atoms with Gasteiger partial charge in [-0.3, -0.25) is 0 Å². The monoisotopic (exact) mass is 413 g/mol. The summed E-state index contributed by atoms with van der Waals surface area (Å²) in [6.45, 7) is 5.32. The lowest BCUT2D eigenvalue weighted by Crippen LogP contribution is -2.24. The molecule has 0 spiro atoms. The Kier molecular flexibility index (Phi) is 5.85. The summed E-state index contributed by atoms with van der Waals surface area (Å²) in [5.41, 5.74) is 6.76. The smallest absolute Gasteiger partial charge is 0.111 e. The predicted octanol–water partition coefficient (Wildman–Crippen LogP) is 6.83. The fourth-order valence-electron chi connectivity index (χ4n) is 5.77. The summed E-state index contributed by atoms with van der Waals surface area (Å²) in [4.78, 5) is 7.77. The van der Waals surface area contributed by atoms with Gasteiger partial charge in [0.05, 0.1) is 11.0 Å². The van der Waals surface area contributed by atoms with Gasteiger partial charge < -0.3 is 9.47 Å². The van der Waals surface area contributed by atoms with Crippen molar-refractivity contribution >= 4 is 16.7 Å². The van der Waals surface area contributed by atoms with Gasteiger partial charge in [-0.1, -0.05) is 62.1 Å². The minimum absolute atomic E-state index is 0.293. The second kappa shape index (κ2) is 8.90. The molecule has 1 unspecified atom stereocenters. The van der Waals surface area contributed by atoms with Crippen molar-refractivity contribution in [3.63, 3.8) is 0 Å². The summed E-state index contributed by atoms with van der Waals surface area (Å²) in [5, 5.41) is 0. The fourth-order valence-corrected chi connectivity index (χ4v) is 5.77. The molecule has 0 N–H and O–H groups in total. The first-order valence-corrected chi connectivity index (χ1v) is 12.2. The number of anilines is 1. The van der Waals surface area contributed by atoms with E-state index in [0.29, 0.717) is 12.0 Å². The maximum Gasteiger partial charge on any atom is 0.111 e. The number of hydrogen-bond acceptors (Lipinski definition) is 2. The lowest BCUT2D eigenvalue weighted by atomic mass is 9.95. The average molecular weight is 414 g/mol. The second-order valence-corrected chi connectivity index (χ2v) is 9.46. The van der Waals surface area contributed by atoms with Crippen LogP contribution in [0.4, 0.5) is 5.69 Å². The summed E-state index contributed by atoms with van der Waals surface area (Å²) in [5.74, 6) is 1.54. The average Bonchev–Trinajstić information content (AvgIpc) is 2.96. The lowest BCUT2D eigenvalue weighted by Gasteiger charge is -2.28. The highest BCUT2D eigenvalue weighted by atomic mass is 15.1. The SMILES string of the molecule is C=CC(Cc1nc2c3c(ccc2n1C1CCCCCC1)N(C)CCC3)c1ccccc1. The van der Waals surface area contributed by atoms with E-state index in [1.807, 2.05) is 0 Å². The van der Waals surface area contributed by atoms with Crippen LogP contribution in [-0.2, 0) is 12.8 Å². The number of allylic oxidation sites excluding steroid dienone is 1. The van der Waals surface area contributed by atoms with Gasteiger partial charge in [0.15, 0.2) is 0 Å². The number of hydrogen-bond donors (Lipinski definition) is 0. The summed E-state index contributed by atoms with van der Waals surface area (Å²) in [7, 11) is 2.22. The minimum atomic E-state index is 0.293. The van der Waals surface area contributed by atoms with E-state index in [-0.39, 0.29) is 0 Å². The number of benzene rings is 2. The van der Waals surface area contributed by atoms with E-state index in [4.69, 9.17) is 4.98 Å². The summed E-state index contributed by atoms with van der Waals surface area (Å²) < 4.78 is 2.63. The van der Waals surface area contributed by atoms with Crippen LogP contribution in [0.25, 0.3) is 11.0 Å². The Balaban J connectivity index is 1.63. The molecule has 0 radical (unpaired) electrons. The number of imidazole rings is 1. The van der Waals surface area contributed by atoms with E-state index in [9.17, 15) is 0 Å². The van der Waals surface area contributed by atoms with Crippen molar-refractivity contribution in [3.05, 3.63) is 72.1 Å². The summed E-state index contributed by atoms with van der Waals surface area (Å²) in [6, 6.07) is 16.1. The first-order chi connectivity index (χ1) is 15.3. The quantitative estimate of drug-likeness (QED) is 0.338. The highest BCUT2D eigenvalue weighted by Gasteiger charge is 2.26. The van der Waals surface area contributed by atoms with E-state index < -0.39 is 0 Å². The Morgan fingerprint density at radius 2 is 1.81 bits per heavy atom. The van der Waals surface area contributed by atoms with Crippen LogP contribution in [0.15, 0.2) is 55.1 Å². The van der Waals surface area contributed by atoms with Gasteiger partial charge in [-0.25, -0.2) is 4.98 Å². The largest absolute Gasteiger partial charge is 0.374 e. The van der Waals surface area contributed by atoms with Crippen molar-refractivity contribution in [1.82, 2.24) is 9.55 Å². The molecule has 0 amide bonds. The molecule has 1 atom stereocenters. The molecule has 3 aromatic rings. The van der Waals surface area contributed by atoms with Gasteiger partial charge in [0, 0.05) is 43.2 Å². The molecule has 0 bridgehead atoms. The van der Waals surface area contributed by atoms with Gasteiger partial charge in [-0.15, -0.1) is 6.58 Å². The number of aryl methyl sites for hydroxylation is 1. The Morgan fingerprint density at radius 3 is 2.55 bits per heavy atom. The maximum atomic E-state index is 5.37. The van der Waals surface area contributed by atoms with Crippen LogP contribution in [0.5, 0.6) is 0 Å². The van der Waals surface area contributed by atoms with Crippen molar-refractivity contribution in [2.45, 2.75) is 69.7 Å². The molecular weight excluding hydrogens is 378 g/mol. The fraction of sp³-hybridized carbons (Fsp3) is 0.464. The number of rotatable bonds is 5. The minimum Gasteiger partial charge on any atom is -0.374 e. The van der Waals surface area contributed by atoms with Crippen molar-refractivity contribution in [1.29, 1.82) is 0 Å². The molecule has 1 aliphatic carbocycles. The third-order valence-corrected chi connectivity index (χ3v) is 7.45. The molecule has 0 saturated heterocycles. The molecule has 31 heavy (non-hydrogen) atoms. The first-order valence-electron chi connectivity index (χ1n) is 12.2. The molecule has 2 aromatic carbocycles. The normalized spacial score (nSPS) is 18.5. The van der Waals surface area contributed by atoms with Crippen molar-refractivity contribution in [2.75, 3.05) is 18.5 Å². The van der Waals surface area contributed by atoms with Crippen LogP contribution in [0.2, 0.25) is 0 Å². The lowest BCUT2D eigenvalue weighted by molar-refractivity contribution is 0.438. The third kappa shape index (κ3) is 3.91. The molecule has 1 saturated carbocycles. The first kappa shape index (κ1) is 20.4. The van der Waals surface area contributed by atoms with E-state index in [1.165, 1.54) is 78.6 Å². The standard InChI is InChI=1S/C28H35N3/c1-3-21(22-12-7-6-8-13-22)20-27-29-28-24-16-11-19-30(2)25(24)17-18-26(28)31(27)23-14-9-4-5-10-15-23/h3,6-8,12-13,17-18,21,23H,1,4-5,9-11,14-16,19-20H2,2H3. The van der Waals surface area contributed by atoms with E-state index in [1.54, 1.807) is 0 Å². The van der Waals surface area contributed by atoms with Crippen LogP contribution in [0.1, 0.15) is 73.9 Å². The maximum absolute atomic E-state index is 5.37. The van der Waals surface area contributed by atoms with Crippen LogP contribution in [0.3, 0.4) is 0 Å². The molecule has 1 aromatic heterocycles. The third-order valence-electron chi connectivity index (χ3n) is 7.45. The molecule has 162 valence electrons. The number of fused-ring (bicyclic) bond motifs is 3. The molecule has 1 fully saturated rings. The Bertz CT molecular complexity index is 1040. The molecule has 2 heterocycles. The van der Waals surface area contributed by atoms with E-state index in [0.717, 1.165) is 19.4 Å². The molecule has 2 aliphatic rings. The van der Waals surface area contributed by atoms with Gasteiger partial charge in [-0.2, -0.15) is 0 Å². The van der Waals surface area contributed by atoms with Gasteiger partial charge >= 0.3 is 0 Å².